The first-order chi connectivity index (χ1) is 10.1. The first kappa shape index (κ1) is 17.9. The molecule has 0 aliphatic carbocycles. The Hall–Kier alpha value is -1.20. The van der Waals surface area contributed by atoms with E-state index >= 15 is 0 Å². The minimum absolute atomic E-state index is 0.0541. The van der Waals surface area contributed by atoms with Crippen molar-refractivity contribution >= 4 is 17.7 Å². The van der Waals surface area contributed by atoms with Crippen molar-refractivity contribution in [3.05, 3.63) is 24.3 Å². The number of amides is 1. The van der Waals surface area contributed by atoms with E-state index in [1.165, 1.54) is 11.8 Å². The summed E-state index contributed by atoms with van der Waals surface area (Å²) in [6, 6.07) is 7.79. The average Bonchev–Trinajstić information content (AvgIpc) is 2.46. The molecule has 0 atom stereocenters. The monoisotopic (exact) mass is 311 g/mol. The molecule has 118 valence electrons. The molecule has 0 saturated heterocycles. The van der Waals surface area contributed by atoms with Gasteiger partial charge < -0.3 is 14.8 Å². The smallest absolute Gasteiger partial charge is 0.230 e. The van der Waals surface area contributed by atoms with E-state index < -0.39 is 0 Å². The standard InChI is InChI=1S/C16H25NO3S/c1-4-19-14-6-8-15(9-7-14)21-12-16(18)17-10-5-11-20-13(2)3/h6-9,13H,4-5,10-12H2,1-3H3,(H,17,18). The highest BCUT2D eigenvalue weighted by Crippen LogP contribution is 2.21. The van der Waals surface area contributed by atoms with Crippen LogP contribution in [0.25, 0.3) is 0 Å². The third-order valence-corrected chi connectivity index (χ3v) is 3.61. The molecule has 1 N–H and O–H groups in total. The predicted molar refractivity (Wildman–Crippen MR) is 87.0 cm³/mol. The summed E-state index contributed by atoms with van der Waals surface area (Å²) in [7, 11) is 0. The van der Waals surface area contributed by atoms with Gasteiger partial charge in [0.1, 0.15) is 5.75 Å². The Bertz CT molecular complexity index is 406. The lowest BCUT2D eigenvalue weighted by Gasteiger charge is -2.08. The number of carbonyl (C=O) groups is 1. The molecule has 21 heavy (non-hydrogen) atoms. The van der Waals surface area contributed by atoms with Gasteiger partial charge in [-0.1, -0.05) is 0 Å². The fraction of sp³-hybridized carbons (Fsp3) is 0.562. The Morgan fingerprint density at radius 1 is 1.29 bits per heavy atom. The van der Waals surface area contributed by atoms with Crippen molar-refractivity contribution in [1.29, 1.82) is 0 Å². The van der Waals surface area contributed by atoms with Crippen molar-refractivity contribution in [3.8, 4) is 5.75 Å². The maximum atomic E-state index is 11.7. The molecule has 5 heteroatoms. The molecule has 1 amide bonds. The van der Waals surface area contributed by atoms with Crippen LogP contribution < -0.4 is 10.1 Å². The van der Waals surface area contributed by atoms with E-state index in [0.717, 1.165) is 17.1 Å². The van der Waals surface area contributed by atoms with Crippen LogP contribution in [0.2, 0.25) is 0 Å². The summed E-state index contributed by atoms with van der Waals surface area (Å²) < 4.78 is 10.8. The minimum Gasteiger partial charge on any atom is -0.494 e. The highest BCUT2D eigenvalue weighted by Gasteiger charge is 2.03. The van der Waals surface area contributed by atoms with Crippen molar-refractivity contribution in [2.75, 3.05) is 25.5 Å². The normalized spacial score (nSPS) is 10.7. The maximum Gasteiger partial charge on any atom is 0.230 e. The fourth-order valence-electron chi connectivity index (χ4n) is 1.62. The van der Waals surface area contributed by atoms with Gasteiger partial charge >= 0.3 is 0 Å². The molecule has 0 spiro atoms. The molecule has 0 heterocycles. The van der Waals surface area contributed by atoms with E-state index in [2.05, 4.69) is 5.32 Å². The summed E-state index contributed by atoms with van der Waals surface area (Å²) in [6.07, 6.45) is 1.09. The Balaban J connectivity index is 2.14. The molecule has 0 aromatic heterocycles. The molecule has 1 aromatic rings. The van der Waals surface area contributed by atoms with Crippen LogP contribution in [0.3, 0.4) is 0 Å². The van der Waals surface area contributed by atoms with Crippen LogP contribution in [0.15, 0.2) is 29.2 Å². The van der Waals surface area contributed by atoms with E-state index in [9.17, 15) is 4.79 Å². The van der Waals surface area contributed by atoms with Gasteiger partial charge in [0.25, 0.3) is 0 Å². The van der Waals surface area contributed by atoms with Gasteiger partial charge in [0, 0.05) is 18.0 Å². The lowest BCUT2D eigenvalue weighted by molar-refractivity contribution is -0.118. The number of hydrogen-bond acceptors (Lipinski definition) is 4. The lowest BCUT2D eigenvalue weighted by atomic mass is 10.3. The first-order valence-electron chi connectivity index (χ1n) is 7.35. The van der Waals surface area contributed by atoms with Crippen molar-refractivity contribution in [2.24, 2.45) is 0 Å². The van der Waals surface area contributed by atoms with Crippen LogP contribution in [0, 0.1) is 0 Å². The molecule has 0 radical (unpaired) electrons. The Kier molecular flexibility index (Phi) is 8.94. The summed E-state index contributed by atoms with van der Waals surface area (Å²) in [5, 5.41) is 2.89. The SMILES string of the molecule is CCOc1ccc(SCC(=O)NCCCOC(C)C)cc1. The van der Waals surface area contributed by atoms with Gasteiger partial charge in [0.05, 0.1) is 18.5 Å². The van der Waals surface area contributed by atoms with E-state index in [0.29, 0.717) is 25.5 Å². The topological polar surface area (TPSA) is 47.6 Å². The van der Waals surface area contributed by atoms with Gasteiger partial charge in [-0.2, -0.15) is 0 Å². The molecule has 0 aliphatic heterocycles. The van der Waals surface area contributed by atoms with Gasteiger partial charge in [0.15, 0.2) is 0 Å². The molecule has 0 unspecified atom stereocenters. The molecule has 1 rings (SSSR count). The van der Waals surface area contributed by atoms with Crippen LogP contribution in [-0.2, 0) is 9.53 Å². The molecule has 0 saturated carbocycles. The van der Waals surface area contributed by atoms with Crippen LogP contribution in [-0.4, -0.2) is 37.5 Å². The molecular formula is C16H25NO3S. The number of hydrogen-bond donors (Lipinski definition) is 1. The summed E-state index contributed by atoms with van der Waals surface area (Å²) >= 11 is 1.53. The van der Waals surface area contributed by atoms with E-state index in [1.807, 2.05) is 45.0 Å². The van der Waals surface area contributed by atoms with E-state index in [1.54, 1.807) is 0 Å². The second kappa shape index (κ2) is 10.5. The molecule has 1 aromatic carbocycles. The van der Waals surface area contributed by atoms with Gasteiger partial charge in [-0.15, -0.1) is 11.8 Å². The number of rotatable bonds is 10. The summed E-state index contributed by atoms with van der Waals surface area (Å²) in [4.78, 5) is 12.8. The minimum atomic E-state index is 0.0541. The van der Waals surface area contributed by atoms with Gasteiger partial charge in [0.2, 0.25) is 5.91 Å². The zero-order chi connectivity index (χ0) is 15.5. The maximum absolute atomic E-state index is 11.7. The molecule has 0 bridgehead atoms. The van der Waals surface area contributed by atoms with Crippen LogP contribution in [0.1, 0.15) is 27.2 Å². The number of nitrogens with one attached hydrogen (secondary N) is 1. The average molecular weight is 311 g/mol. The fourth-order valence-corrected chi connectivity index (χ4v) is 2.35. The zero-order valence-electron chi connectivity index (χ0n) is 13.1. The third kappa shape index (κ3) is 8.63. The Morgan fingerprint density at radius 3 is 2.62 bits per heavy atom. The zero-order valence-corrected chi connectivity index (χ0v) is 13.9. The van der Waals surface area contributed by atoms with Gasteiger partial charge in [-0.25, -0.2) is 0 Å². The second-order valence-corrected chi connectivity index (χ2v) is 5.86. The summed E-state index contributed by atoms with van der Waals surface area (Å²) in [5.41, 5.74) is 0. The Labute approximate surface area is 131 Å². The van der Waals surface area contributed by atoms with Crippen LogP contribution >= 0.6 is 11.8 Å². The van der Waals surface area contributed by atoms with Crippen LogP contribution in [0.4, 0.5) is 0 Å². The van der Waals surface area contributed by atoms with Crippen molar-refractivity contribution in [1.82, 2.24) is 5.32 Å². The van der Waals surface area contributed by atoms with E-state index in [4.69, 9.17) is 9.47 Å². The molecule has 0 fully saturated rings. The molecular weight excluding hydrogens is 286 g/mol. The molecule has 4 nitrogen and oxygen atoms in total. The number of benzene rings is 1. The van der Waals surface area contributed by atoms with Gasteiger partial charge in [-0.3, -0.25) is 4.79 Å². The third-order valence-electron chi connectivity index (χ3n) is 2.60. The number of carbonyl (C=O) groups excluding carboxylic acids is 1. The lowest BCUT2D eigenvalue weighted by Crippen LogP contribution is -2.27. The van der Waals surface area contributed by atoms with Gasteiger partial charge in [-0.05, 0) is 51.5 Å². The first-order valence-corrected chi connectivity index (χ1v) is 8.34. The summed E-state index contributed by atoms with van der Waals surface area (Å²) in [6.45, 7) is 7.98. The highest BCUT2D eigenvalue weighted by molar-refractivity contribution is 8.00. The summed E-state index contributed by atoms with van der Waals surface area (Å²) in [5.74, 6) is 1.34. The van der Waals surface area contributed by atoms with Crippen molar-refractivity contribution < 1.29 is 14.3 Å². The van der Waals surface area contributed by atoms with Crippen molar-refractivity contribution in [3.63, 3.8) is 0 Å². The largest absolute Gasteiger partial charge is 0.494 e. The van der Waals surface area contributed by atoms with E-state index in [-0.39, 0.29) is 12.0 Å². The molecule has 0 aliphatic rings. The quantitative estimate of drug-likeness (QED) is 0.533. The predicted octanol–water partition coefficient (Wildman–Crippen LogP) is 3.11. The van der Waals surface area contributed by atoms with Crippen molar-refractivity contribution in [2.45, 2.75) is 38.2 Å². The number of thioether (sulfide) groups is 1. The Morgan fingerprint density at radius 2 is 2.00 bits per heavy atom. The van der Waals surface area contributed by atoms with Crippen LogP contribution in [0.5, 0.6) is 5.75 Å². The number of ether oxygens (including phenoxy) is 2. The second-order valence-electron chi connectivity index (χ2n) is 4.82. The highest BCUT2D eigenvalue weighted by atomic mass is 32.2.